The molecule has 5 rings (SSSR count). The van der Waals surface area contributed by atoms with E-state index in [4.69, 9.17) is 9.47 Å². The Morgan fingerprint density at radius 2 is 2.22 bits per heavy atom. The Kier molecular flexibility index (Phi) is 3.78. The Labute approximate surface area is 155 Å². The molecule has 0 unspecified atom stereocenters. The van der Waals surface area contributed by atoms with E-state index in [1.807, 2.05) is 33.8 Å². The van der Waals surface area contributed by atoms with Gasteiger partial charge in [0.15, 0.2) is 0 Å². The van der Waals surface area contributed by atoms with Crippen molar-refractivity contribution in [2.75, 3.05) is 20.2 Å². The smallest absolute Gasteiger partial charge is 0.254 e. The van der Waals surface area contributed by atoms with Gasteiger partial charge < -0.3 is 14.4 Å². The molecule has 2 atom stereocenters. The van der Waals surface area contributed by atoms with Crippen LogP contribution in [0.3, 0.4) is 0 Å². The number of pyridine rings is 1. The number of piperidine rings is 1. The molecule has 1 aromatic carbocycles. The van der Waals surface area contributed by atoms with Crippen molar-refractivity contribution in [1.29, 1.82) is 0 Å². The zero-order chi connectivity index (χ0) is 18.4. The number of rotatable bonds is 2. The molecule has 27 heavy (non-hydrogen) atoms. The van der Waals surface area contributed by atoms with E-state index in [1.165, 1.54) is 0 Å². The molecular formula is C19H19N5O3. The number of fused-ring (bicyclic) bond motifs is 4. The summed E-state index contributed by atoms with van der Waals surface area (Å²) in [7, 11) is 1.56. The lowest BCUT2D eigenvalue weighted by Crippen LogP contribution is -2.49. The third-order valence-electron chi connectivity index (χ3n) is 5.35. The third kappa shape index (κ3) is 2.64. The van der Waals surface area contributed by atoms with Crippen LogP contribution in [0.15, 0.2) is 36.5 Å². The molecule has 2 aromatic heterocycles. The Hall–Kier alpha value is -3.00. The first-order valence-corrected chi connectivity index (χ1v) is 8.98. The monoisotopic (exact) mass is 365 g/mol. The van der Waals surface area contributed by atoms with Gasteiger partial charge in [0.1, 0.15) is 0 Å². The van der Waals surface area contributed by atoms with Crippen LogP contribution in [0, 0.1) is 0 Å². The topological polar surface area (TPSA) is 82.4 Å². The van der Waals surface area contributed by atoms with Gasteiger partial charge >= 0.3 is 0 Å². The van der Waals surface area contributed by atoms with E-state index in [0.29, 0.717) is 31.1 Å². The number of methoxy groups -OCH3 is 1. The fraction of sp³-hybridized carbons (Fsp3) is 0.368. The predicted molar refractivity (Wildman–Crippen MR) is 96.5 cm³/mol. The van der Waals surface area contributed by atoms with E-state index < -0.39 is 0 Å². The SMILES string of the molecule is COc1cc(C(=O)N2CC[C@H]3OCc4cnnn4[C@@H]3C2)c2ccccc2n1. The van der Waals surface area contributed by atoms with E-state index in [-0.39, 0.29) is 18.1 Å². The molecule has 0 radical (unpaired) electrons. The molecule has 3 aromatic rings. The Morgan fingerprint density at radius 3 is 3.11 bits per heavy atom. The average molecular weight is 365 g/mol. The van der Waals surface area contributed by atoms with Crippen LogP contribution in [0.5, 0.6) is 5.88 Å². The van der Waals surface area contributed by atoms with E-state index in [9.17, 15) is 4.79 Å². The van der Waals surface area contributed by atoms with Gasteiger partial charge in [-0.1, -0.05) is 23.4 Å². The van der Waals surface area contributed by atoms with E-state index in [1.54, 1.807) is 19.4 Å². The third-order valence-corrected chi connectivity index (χ3v) is 5.35. The zero-order valence-electron chi connectivity index (χ0n) is 14.9. The quantitative estimate of drug-likeness (QED) is 0.689. The molecule has 0 aliphatic carbocycles. The highest BCUT2D eigenvalue weighted by Crippen LogP contribution is 2.32. The van der Waals surface area contributed by atoms with Crippen molar-refractivity contribution in [2.45, 2.75) is 25.2 Å². The highest BCUT2D eigenvalue weighted by Gasteiger charge is 2.38. The molecule has 1 amide bonds. The van der Waals surface area contributed by atoms with Crippen LogP contribution in [0.4, 0.5) is 0 Å². The lowest BCUT2D eigenvalue weighted by atomic mass is 9.99. The summed E-state index contributed by atoms with van der Waals surface area (Å²) in [6.07, 6.45) is 2.56. The van der Waals surface area contributed by atoms with Crippen LogP contribution < -0.4 is 4.74 Å². The van der Waals surface area contributed by atoms with Crippen LogP contribution in [0.2, 0.25) is 0 Å². The number of hydrogen-bond acceptors (Lipinski definition) is 6. The first kappa shape index (κ1) is 16.2. The van der Waals surface area contributed by atoms with Crippen LogP contribution in [0.25, 0.3) is 10.9 Å². The highest BCUT2D eigenvalue weighted by molar-refractivity contribution is 6.06. The van der Waals surface area contributed by atoms with Crippen molar-refractivity contribution in [2.24, 2.45) is 0 Å². The maximum atomic E-state index is 13.4. The van der Waals surface area contributed by atoms with E-state index in [0.717, 1.165) is 23.0 Å². The first-order valence-electron chi connectivity index (χ1n) is 8.98. The molecule has 2 aliphatic heterocycles. The minimum absolute atomic E-state index is 0.0102. The number of likely N-dealkylation sites (tertiary alicyclic amines) is 1. The van der Waals surface area contributed by atoms with E-state index in [2.05, 4.69) is 15.3 Å². The second-order valence-electron chi connectivity index (χ2n) is 6.86. The molecule has 8 heteroatoms. The molecule has 0 N–H and O–H groups in total. The number of benzene rings is 1. The lowest BCUT2D eigenvalue weighted by molar-refractivity contribution is -0.0604. The molecule has 8 nitrogen and oxygen atoms in total. The first-order chi connectivity index (χ1) is 13.2. The second kappa shape index (κ2) is 6.31. The lowest BCUT2D eigenvalue weighted by Gasteiger charge is -2.41. The summed E-state index contributed by atoms with van der Waals surface area (Å²) in [6, 6.07) is 9.33. The number of para-hydroxylation sites is 1. The standard InChI is InChI=1S/C19H19N5O3/c1-26-18-8-14(13-4-2-3-5-15(13)21-18)19(25)23-7-6-17-16(10-23)24-12(11-27-17)9-20-22-24/h2-5,8-9,16-17H,6-7,10-11H2,1H3/t16-,17-/m1/s1. The Bertz CT molecular complexity index is 1020. The van der Waals surface area contributed by atoms with Gasteiger partial charge in [-0.05, 0) is 12.5 Å². The van der Waals surface area contributed by atoms with Gasteiger partial charge in [0.25, 0.3) is 5.91 Å². The minimum atomic E-state index is -0.0300. The van der Waals surface area contributed by atoms with Gasteiger partial charge in [-0.25, -0.2) is 9.67 Å². The largest absolute Gasteiger partial charge is 0.481 e. The Balaban J connectivity index is 1.50. The summed E-state index contributed by atoms with van der Waals surface area (Å²) in [5.41, 5.74) is 2.29. The number of carbonyl (C=O) groups is 1. The summed E-state index contributed by atoms with van der Waals surface area (Å²) in [6.45, 7) is 1.70. The number of ether oxygens (including phenoxy) is 2. The number of aromatic nitrogens is 4. The van der Waals surface area contributed by atoms with Gasteiger partial charge in [0.2, 0.25) is 5.88 Å². The maximum absolute atomic E-state index is 13.4. The molecule has 0 bridgehead atoms. The highest BCUT2D eigenvalue weighted by atomic mass is 16.5. The van der Waals surface area contributed by atoms with Gasteiger partial charge in [-0.15, -0.1) is 5.10 Å². The van der Waals surface area contributed by atoms with E-state index >= 15 is 0 Å². The number of amides is 1. The minimum Gasteiger partial charge on any atom is -0.481 e. The number of nitrogens with zero attached hydrogens (tertiary/aromatic N) is 5. The van der Waals surface area contributed by atoms with Crippen LogP contribution in [-0.2, 0) is 11.3 Å². The maximum Gasteiger partial charge on any atom is 0.254 e. The van der Waals surface area contributed by atoms with Crippen molar-refractivity contribution in [3.63, 3.8) is 0 Å². The fourth-order valence-corrected chi connectivity index (χ4v) is 3.97. The average Bonchev–Trinajstić information content (AvgIpc) is 3.21. The van der Waals surface area contributed by atoms with Gasteiger partial charge in [0, 0.05) is 24.5 Å². The summed E-state index contributed by atoms with van der Waals surface area (Å²) in [5, 5.41) is 9.02. The fourth-order valence-electron chi connectivity index (χ4n) is 3.97. The van der Waals surface area contributed by atoms with Gasteiger partial charge in [-0.3, -0.25) is 4.79 Å². The summed E-state index contributed by atoms with van der Waals surface area (Å²) >= 11 is 0. The van der Waals surface area contributed by atoms with Crippen LogP contribution in [0.1, 0.15) is 28.5 Å². The van der Waals surface area contributed by atoms with Crippen molar-refractivity contribution in [3.8, 4) is 5.88 Å². The van der Waals surface area contributed by atoms with Gasteiger partial charge in [0.05, 0.1) is 48.8 Å². The summed E-state index contributed by atoms with van der Waals surface area (Å²) in [4.78, 5) is 19.7. The van der Waals surface area contributed by atoms with Crippen LogP contribution >= 0.6 is 0 Å². The molecule has 138 valence electrons. The predicted octanol–water partition coefficient (Wildman–Crippen LogP) is 1.82. The zero-order valence-corrected chi connectivity index (χ0v) is 14.9. The molecule has 0 saturated carbocycles. The molecular weight excluding hydrogens is 346 g/mol. The molecule has 1 saturated heterocycles. The van der Waals surface area contributed by atoms with Crippen molar-refractivity contribution >= 4 is 16.8 Å². The van der Waals surface area contributed by atoms with Gasteiger partial charge in [-0.2, -0.15) is 0 Å². The van der Waals surface area contributed by atoms with Crippen LogP contribution in [-0.4, -0.2) is 57.1 Å². The summed E-state index contributed by atoms with van der Waals surface area (Å²) in [5.74, 6) is 0.407. The van der Waals surface area contributed by atoms with Crippen molar-refractivity contribution < 1.29 is 14.3 Å². The Morgan fingerprint density at radius 1 is 1.33 bits per heavy atom. The number of carbonyl (C=O) groups excluding carboxylic acids is 1. The normalized spacial score (nSPS) is 21.6. The van der Waals surface area contributed by atoms with Crippen molar-refractivity contribution in [1.82, 2.24) is 24.9 Å². The molecule has 1 fully saturated rings. The van der Waals surface area contributed by atoms with Crippen molar-refractivity contribution in [3.05, 3.63) is 47.8 Å². The molecule has 4 heterocycles. The molecule has 0 spiro atoms. The second-order valence-corrected chi connectivity index (χ2v) is 6.86. The summed E-state index contributed by atoms with van der Waals surface area (Å²) < 4.78 is 13.1. The molecule has 2 aliphatic rings. The number of hydrogen-bond donors (Lipinski definition) is 0.